The second-order valence-corrected chi connectivity index (χ2v) is 11.3. The van der Waals surface area contributed by atoms with Gasteiger partial charge in [-0.25, -0.2) is 14.2 Å². The zero-order valence-corrected chi connectivity index (χ0v) is 21.7. The fraction of sp³-hybridized carbons (Fsp3) is 0.280. The molecule has 0 saturated heterocycles. The number of carboxylic acids is 1. The number of thiazole rings is 1. The van der Waals surface area contributed by atoms with E-state index in [1.165, 1.54) is 6.07 Å². The number of alkyl halides is 3. The van der Waals surface area contributed by atoms with E-state index < -0.39 is 49.8 Å². The van der Waals surface area contributed by atoms with Crippen molar-refractivity contribution in [1.29, 1.82) is 0 Å². The summed E-state index contributed by atoms with van der Waals surface area (Å²) in [6.07, 6.45) is -0.437. The Hall–Kier alpha value is -3.45. The standard InChI is InChI=1S/C25H22F4N2O5S2/c1-13-3-5-14(6-4-13)15-7-8-16(18(9-15)25(27,28)29)23-30-22(12-37-23)38(34,35)31-20-11-19(26)17(24(32)33)10-21(20)36-2/h5,7-13,31H,3-4,6H2,1-2H3,(H,32,33). The number of allylic oxidation sites excluding steroid dienone is 2. The van der Waals surface area contributed by atoms with Crippen LogP contribution in [0.1, 0.15) is 47.7 Å². The van der Waals surface area contributed by atoms with Crippen molar-refractivity contribution in [3.8, 4) is 16.3 Å². The quantitative estimate of drug-likeness (QED) is 0.307. The average Bonchev–Trinajstić information content (AvgIpc) is 3.35. The van der Waals surface area contributed by atoms with Crippen LogP contribution in [0.25, 0.3) is 16.1 Å². The fourth-order valence-corrected chi connectivity index (χ4v) is 6.26. The lowest BCUT2D eigenvalue weighted by Gasteiger charge is -2.20. The molecule has 4 rings (SSSR count). The highest BCUT2D eigenvalue weighted by atomic mass is 32.2. The van der Waals surface area contributed by atoms with Crippen LogP contribution in [-0.4, -0.2) is 31.6 Å². The van der Waals surface area contributed by atoms with Crippen molar-refractivity contribution in [2.75, 3.05) is 11.8 Å². The number of nitrogens with one attached hydrogen (secondary N) is 1. The summed E-state index contributed by atoms with van der Waals surface area (Å²) in [6.45, 7) is 2.08. The molecule has 0 saturated carbocycles. The number of aromatic carboxylic acids is 1. The number of hydrogen-bond acceptors (Lipinski definition) is 6. The molecule has 38 heavy (non-hydrogen) atoms. The lowest BCUT2D eigenvalue weighted by molar-refractivity contribution is -0.137. The van der Waals surface area contributed by atoms with Crippen LogP contribution < -0.4 is 9.46 Å². The third-order valence-corrected chi connectivity index (χ3v) is 8.39. The van der Waals surface area contributed by atoms with Crippen molar-refractivity contribution in [2.24, 2.45) is 5.92 Å². The largest absolute Gasteiger partial charge is 0.495 e. The maximum absolute atomic E-state index is 14.2. The first-order valence-corrected chi connectivity index (χ1v) is 13.7. The van der Waals surface area contributed by atoms with E-state index in [1.54, 1.807) is 6.07 Å². The smallest absolute Gasteiger partial charge is 0.417 e. The summed E-state index contributed by atoms with van der Waals surface area (Å²) in [5, 5.41) is 9.35. The van der Waals surface area contributed by atoms with Crippen molar-refractivity contribution in [3.05, 3.63) is 64.3 Å². The molecule has 1 atom stereocenters. The Morgan fingerprint density at radius 2 is 1.97 bits per heavy atom. The number of anilines is 1. The van der Waals surface area contributed by atoms with Gasteiger partial charge in [0.2, 0.25) is 0 Å². The number of methoxy groups -OCH3 is 1. The van der Waals surface area contributed by atoms with E-state index in [0.717, 1.165) is 43.0 Å². The maximum atomic E-state index is 14.2. The minimum absolute atomic E-state index is 0.171. The predicted octanol–water partition coefficient (Wildman–Crippen LogP) is 6.68. The van der Waals surface area contributed by atoms with Crippen molar-refractivity contribution >= 4 is 38.6 Å². The third-order valence-electron chi connectivity index (χ3n) is 6.12. The number of benzene rings is 2. The Kier molecular flexibility index (Phi) is 7.53. The summed E-state index contributed by atoms with van der Waals surface area (Å²) >= 11 is 0.704. The van der Waals surface area contributed by atoms with Gasteiger partial charge in [-0.1, -0.05) is 25.1 Å². The second-order valence-electron chi connectivity index (χ2n) is 8.80. The van der Waals surface area contributed by atoms with Gasteiger partial charge in [0.25, 0.3) is 10.0 Å². The molecular weight excluding hydrogens is 548 g/mol. The second kappa shape index (κ2) is 10.4. The Bertz CT molecular complexity index is 1530. The van der Waals surface area contributed by atoms with Crippen LogP contribution in [0.15, 0.2) is 46.8 Å². The van der Waals surface area contributed by atoms with Crippen molar-refractivity contribution in [1.82, 2.24) is 4.98 Å². The topological polar surface area (TPSA) is 106 Å². The molecule has 1 aliphatic carbocycles. The Morgan fingerprint density at radius 3 is 2.58 bits per heavy atom. The first-order chi connectivity index (χ1) is 17.8. The molecule has 7 nitrogen and oxygen atoms in total. The zero-order chi connectivity index (χ0) is 27.8. The average molecular weight is 571 g/mol. The van der Waals surface area contributed by atoms with Gasteiger partial charge in [-0.15, -0.1) is 11.3 Å². The molecule has 202 valence electrons. The number of sulfonamides is 1. The predicted molar refractivity (Wildman–Crippen MR) is 134 cm³/mol. The highest BCUT2D eigenvalue weighted by molar-refractivity contribution is 7.92. The van der Waals surface area contributed by atoms with Crippen LogP contribution in [0.4, 0.5) is 23.2 Å². The van der Waals surface area contributed by atoms with Crippen molar-refractivity contribution < 1.29 is 40.6 Å². The molecule has 1 unspecified atom stereocenters. The molecule has 1 aliphatic rings. The molecule has 0 amide bonds. The molecule has 2 aromatic carbocycles. The summed E-state index contributed by atoms with van der Waals surface area (Å²) in [7, 11) is -3.37. The van der Waals surface area contributed by atoms with Crippen molar-refractivity contribution in [2.45, 2.75) is 37.4 Å². The minimum atomic E-state index is -4.71. The van der Waals surface area contributed by atoms with Crippen LogP contribution in [-0.2, 0) is 16.2 Å². The number of nitrogens with zero attached hydrogens (tertiary/aromatic N) is 1. The summed E-state index contributed by atoms with van der Waals surface area (Å²) in [6, 6.07) is 5.35. The Labute approximate surface area is 219 Å². The van der Waals surface area contributed by atoms with E-state index in [4.69, 9.17) is 9.84 Å². The molecule has 0 aliphatic heterocycles. The molecule has 1 heterocycles. The van der Waals surface area contributed by atoms with Gasteiger partial charge >= 0.3 is 12.1 Å². The molecule has 0 bridgehead atoms. The number of hydrogen-bond donors (Lipinski definition) is 2. The number of halogens is 4. The third kappa shape index (κ3) is 5.68. The molecule has 13 heteroatoms. The van der Waals surface area contributed by atoms with E-state index in [9.17, 15) is 30.8 Å². The van der Waals surface area contributed by atoms with Gasteiger partial charge in [0, 0.05) is 17.0 Å². The molecule has 0 fully saturated rings. The number of ether oxygens (including phenoxy) is 1. The fourth-order valence-electron chi connectivity index (χ4n) is 4.06. The van der Waals surface area contributed by atoms with E-state index in [2.05, 4.69) is 16.6 Å². The highest BCUT2D eigenvalue weighted by Gasteiger charge is 2.35. The van der Waals surface area contributed by atoms with Gasteiger partial charge in [-0.3, -0.25) is 4.72 Å². The Morgan fingerprint density at radius 1 is 1.24 bits per heavy atom. The normalized spacial score (nSPS) is 16.2. The molecular formula is C25H22F4N2O5S2. The van der Waals surface area contributed by atoms with Crippen LogP contribution >= 0.6 is 11.3 Å². The summed E-state index contributed by atoms with van der Waals surface area (Å²) < 4.78 is 89.1. The summed E-state index contributed by atoms with van der Waals surface area (Å²) in [4.78, 5) is 15.1. The van der Waals surface area contributed by atoms with Crippen molar-refractivity contribution in [3.63, 3.8) is 0 Å². The van der Waals surface area contributed by atoms with Crippen LogP contribution in [0, 0.1) is 11.7 Å². The van der Waals surface area contributed by atoms with Gasteiger partial charge in [-0.2, -0.15) is 21.6 Å². The van der Waals surface area contributed by atoms with Gasteiger partial charge in [0.05, 0.1) is 23.9 Å². The lowest BCUT2D eigenvalue weighted by Crippen LogP contribution is -2.15. The lowest BCUT2D eigenvalue weighted by atomic mass is 9.87. The monoisotopic (exact) mass is 570 g/mol. The van der Waals surface area contributed by atoms with E-state index in [0.29, 0.717) is 35.3 Å². The van der Waals surface area contributed by atoms with Crippen LogP contribution in [0.3, 0.4) is 0 Å². The van der Waals surface area contributed by atoms with Crippen LogP contribution in [0.5, 0.6) is 5.75 Å². The van der Waals surface area contributed by atoms with E-state index in [1.807, 2.05) is 6.08 Å². The molecule has 1 aromatic heterocycles. The van der Waals surface area contributed by atoms with E-state index >= 15 is 0 Å². The van der Waals surface area contributed by atoms with E-state index in [-0.39, 0.29) is 16.3 Å². The molecule has 0 spiro atoms. The highest BCUT2D eigenvalue weighted by Crippen LogP contribution is 2.41. The first-order valence-electron chi connectivity index (χ1n) is 11.3. The van der Waals surface area contributed by atoms with Gasteiger partial charge in [0.1, 0.15) is 16.6 Å². The number of aromatic nitrogens is 1. The molecule has 2 N–H and O–H groups in total. The number of carbonyl (C=O) groups is 1. The summed E-state index contributed by atoms with van der Waals surface area (Å²) in [5.74, 6) is -2.60. The SMILES string of the molecule is COc1cc(C(=O)O)c(F)cc1NS(=O)(=O)c1csc(-c2ccc(C3=CCC(C)CC3)cc2C(F)(F)F)n1. The van der Waals surface area contributed by atoms with Gasteiger partial charge < -0.3 is 9.84 Å². The first kappa shape index (κ1) is 27.6. The van der Waals surface area contributed by atoms with Gasteiger partial charge in [0.15, 0.2) is 5.03 Å². The number of rotatable bonds is 7. The van der Waals surface area contributed by atoms with Crippen LogP contribution in [0.2, 0.25) is 0 Å². The maximum Gasteiger partial charge on any atom is 0.417 e. The molecule has 3 aromatic rings. The zero-order valence-electron chi connectivity index (χ0n) is 20.1. The Balaban J connectivity index is 1.69. The van der Waals surface area contributed by atoms with Gasteiger partial charge in [-0.05, 0) is 48.4 Å². The molecule has 0 radical (unpaired) electrons. The minimum Gasteiger partial charge on any atom is -0.495 e. The summed E-state index contributed by atoms with van der Waals surface area (Å²) in [5.41, 5.74) is -1.05. The number of carboxylic acid groups (broad SMARTS) is 1.